The molecule has 2 aliphatic carbocycles. The van der Waals surface area contributed by atoms with Crippen molar-refractivity contribution in [1.82, 2.24) is 5.32 Å². The van der Waals surface area contributed by atoms with Gasteiger partial charge in [0.25, 0.3) is 0 Å². The third-order valence-corrected chi connectivity index (χ3v) is 5.69. The van der Waals surface area contributed by atoms with Crippen LogP contribution in [0.15, 0.2) is 0 Å². The van der Waals surface area contributed by atoms with Gasteiger partial charge in [0.05, 0.1) is 0 Å². The summed E-state index contributed by atoms with van der Waals surface area (Å²) in [7, 11) is 0. The molecule has 2 rings (SSSR count). The Morgan fingerprint density at radius 2 is 2.12 bits per heavy atom. The summed E-state index contributed by atoms with van der Waals surface area (Å²) in [5.41, 5.74) is 0.606. The highest BCUT2D eigenvalue weighted by Gasteiger charge is 2.61. The van der Waals surface area contributed by atoms with E-state index in [1.165, 1.54) is 12.8 Å². The summed E-state index contributed by atoms with van der Waals surface area (Å²) in [6.45, 7) is 7.13. The zero-order valence-corrected chi connectivity index (χ0v) is 11.3. The number of aliphatic hydroxyl groups excluding tert-OH is 1. The molecule has 17 heavy (non-hydrogen) atoms. The Bertz CT molecular complexity index is 313. The summed E-state index contributed by atoms with van der Waals surface area (Å²) in [4.78, 5) is 11.8. The quantitative estimate of drug-likeness (QED) is 0.789. The molecular formula is C14H25NO2. The fourth-order valence-corrected chi connectivity index (χ4v) is 3.93. The van der Waals surface area contributed by atoms with E-state index in [-0.39, 0.29) is 17.9 Å². The molecule has 2 aliphatic rings. The Morgan fingerprint density at radius 3 is 2.59 bits per heavy atom. The Labute approximate surface area is 104 Å². The van der Waals surface area contributed by atoms with Gasteiger partial charge in [0.2, 0.25) is 5.91 Å². The molecule has 3 nitrogen and oxygen atoms in total. The number of amides is 1. The van der Waals surface area contributed by atoms with Gasteiger partial charge in [-0.25, -0.2) is 0 Å². The van der Waals surface area contributed by atoms with Crippen LogP contribution < -0.4 is 5.32 Å². The van der Waals surface area contributed by atoms with Crippen molar-refractivity contribution in [2.24, 2.45) is 16.7 Å². The van der Waals surface area contributed by atoms with Crippen molar-refractivity contribution in [3.8, 4) is 0 Å². The molecule has 0 aliphatic heterocycles. The van der Waals surface area contributed by atoms with Crippen LogP contribution in [0.3, 0.4) is 0 Å². The second-order valence-corrected chi connectivity index (χ2v) is 6.56. The molecule has 98 valence electrons. The predicted octanol–water partition coefficient (Wildman–Crippen LogP) is 2.09. The van der Waals surface area contributed by atoms with Crippen LogP contribution in [0.2, 0.25) is 0 Å². The second kappa shape index (κ2) is 4.27. The standard InChI is InChI=1S/C14H25NO2/c1-13(2)10-6-7-14(13,3)11(9-10)15-12(17)5-4-8-16/h10-11,16H,4-9H2,1-3H3,(H,15,17). The van der Waals surface area contributed by atoms with Crippen LogP contribution in [-0.2, 0) is 4.79 Å². The van der Waals surface area contributed by atoms with Crippen LogP contribution in [0.1, 0.15) is 52.9 Å². The van der Waals surface area contributed by atoms with Gasteiger partial charge in [0.15, 0.2) is 0 Å². The monoisotopic (exact) mass is 239 g/mol. The zero-order chi connectivity index (χ0) is 12.7. The average molecular weight is 239 g/mol. The van der Waals surface area contributed by atoms with E-state index in [2.05, 4.69) is 26.1 Å². The highest BCUT2D eigenvalue weighted by Crippen LogP contribution is 2.65. The first kappa shape index (κ1) is 12.9. The van der Waals surface area contributed by atoms with Crippen molar-refractivity contribution in [3.63, 3.8) is 0 Å². The second-order valence-electron chi connectivity index (χ2n) is 6.56. The molecule has 0 saturated heterocycles. The number of nitrogens with one attached hydrogen (secondary N) is 1. The molecule has 2 fully saturated rings. The molecule has 2 saturated carbocycles. The lowest BCUT2D eigenvalue weighted by atomic mass is 9.69. The molecule has 0 aromatic rings. The topological polar surface area (TPSA) is 49.3 Å². The van der Waals surface area contributed by atoms with Gasteiger partial charge in [-0.15, -0.1) is 0 Å². The van der Waals surface area contributed by atoms with Crippen molar-refractivity contribution < 1.29 is 9.90 Å². The smallest absolute Gasteiger partial charge is 0.220 e. The first-order valence-corrected chi connectivity index (χ1v) is 6.82. The van der Waals surface area contributed by atoms with Gasteiger partial charge in [-0.2, -0.15) is 0 Å². The van der Waals surface area contributed by atoms with Crippen molar-refractivity contribution in [1.29, 1.82) is 0 Å². The van der Waals surface area contributed by atoms with E-state index in [1.807, 2.05) is 0 Å². The third kappa shape index (κ3) is 1.88. The molecule has 0 spiro atoms. The maximum absolute atomic E-state index is 11.8. The lowest BCUT2D eigenvalue weighted by Crippen LogP contribution is -2.46. The van der Waals surface area contributed by atoms with Crippen molar-refractivity contribution >= 4 is 5.91 Å². The minimum atomic E-state index is 0.101. The molecule has 3 unspecified atom stereocenters. The number of carbonyl (C=O) groups excluding carboxylic acids is 1. The summed E-state index contributed by atoms with van der Waals surface area (Å²) in [6.07, 6.45) is 4.70. The summed E-state index contributed by atoms with van der Waals surface area (Å²) < 4.78 is 0. The van der Waals surface area contributed by atoms with Crippen LogP contribution in [0.4, 0.5) is 0 Å². The Morgan fingerprint density at radius 1 is 1.41 bits per heavy atom. The lowest BCUT2D eigenvalue weighted by molar-refractivity contribution is -0.123. The molecule has 3 heteroatoms. The van der Waals surface area contributed by atoms with Crippen molar-refractivity contribution in [3.05, 3.63) is 0 Å². The van der Waals surface area contributed by atoms with E-state index in [9.17, 15) is 4.79 Å². The van der Waals surface area contributed by atoms with Crippen molar-refractivity contribution in [2.45, 2.75) is 58.9 Å². The summed E-state index contributed by atoms with van der Waals surface area (Å²) in [5.74, 6) is 0.865. The van der Waals surface area contributed by atoms with Crippen LogP contribution >= 0.6 is 0 Å². The highest BCUT2D eigenvalue weighted by atomic mass is 16.3. The Hall–Kier alpha value is -0.570. The van der Waals surface area contributed by atoms with Gasteiger partial charge in [-0.3, -0.25) is 4.79 Å². The first-order valence-electron chi connectivity index (χ1n) is 6.82. The van der Waals surface area contributed by atoms with Gasteiger partial charge in [-0.1, -0.05) is 20.8 Å². The lowest BCUT2D eigenvalue weighted by Gasteiger charge is -2.39. The number of aliphatic hydroxyl groups is 1. The van der Waals surface area contributed by atoms with E-state index >= 15 is 0 Å². The summed E-state index contributed by atoms with van der Waals surface area (Å²) >= 11 is 0. The van der Waals surface area contributed by atoms with Gasteiger partial charge < -0.3 is 10.4 Å². The Balaban J connectivity index is 1.98. The van der Waals surface area contributed by atoms with Gasteiger partial charge >= 0.3 is 0 Å². The molecule has 0 heterocycles. The van der Waals surface area contributed by atoms with E-state index < -0.39 is 0 Å². The first-order chi connectivity index (χ1) is 7.91. The minimum Gasteiger partial charge on any atom is -0.396 e. The SMILES string of the molecule is CC1(C)C2CCC1(C)C(NC(=O)CCCO)C2. The predicted molar refractivity (Wildman–Crippen MR) is 67.5 cm³/mol. The fraction of sp³-hybridized carbons (Fsp3) is 0.929. The maximum atomic E-state index is 11.8. The number of rotatable bonds is 4. The van der Waals surface area contributed by atoms with E-state index in [0.29, 0.717) is 24.3 Å². The van der Waals surface area contributed by atoms with Gasteiger partial charge in [0.1, 0.15) is 0 Å². The normalized spacial score (nSPS) is 38.4. The van der Waals surface area contributed by atoms with Gasteiger partial charge in [0, 0.05) is 19.1 Å². The minimum absolute atomic E-state index is 0.101. The highest BCUT2D eigenvalue weighted by molar-refractivity contribution is 5.76. The van der Waals surface area contributed by atoms with Crippen LogP contribution in [-0.4, -0.2) is 23.7 Å². The summed E-state index contributed by atoms with van der Waals surface area (Å²) in [6, 6.07) is 0.336. The molecule has 1 amide bonds. The number of carbonyl (C=O) groups is 1. The van der Waals surface area contributed by atoms with Crippen LogP contribution in [0, 0.1) is 16.7 Å². The fourth-order valence-electron chi connectivity index (χ4n) is 3.93. The zero-order valence-electron chi connectivity index (χ0n) is 11.3. The maximum Gasteiger partial charge on any atom is 0.220 e. The van der Waals surface area contributed by atoms with Crippen LogP contribution in [0.25, 0.3) is 0 Å². The van der Waals surface area contributed by atoms with Gasteiger partial charge in [-0.05, 0) is 42.4 Å². The molecule has 0 aromatic heterocycles. The number of fused-ring (bicyclic) bond motifs is 2. The largest absolute Gasteiger partial charge is 0.396 e. The van der Waals surface area contributed by atoms with E-state index in [1.54, 1.807) is 0 Å². The summed E-state index contributed by atoms with van der Waals surface area (Å²) in [5, 5.41) is 11.9. The van der Waals surface area contributed by atoms with Crippen LogP contribution in [0.5, 0.6) is 0 Å². The molecule has 2 N–H and O–H groups in total. The van der Waals surface area contributed by atoms with E-state index in [0.717, 1.165) is 12.3 Å². The third-order valence-electron chi connectivity index (χ3n) is 5.69. The molecule has 0 aromatic carbocycles. The molecular weight excluding hydrogens is 214 g/mol. The van der Waals surface area contributed by atoms with E-state index in [4.69, 9.17) is 5.11 Å². The molecule has 0 radical (unpaired) electrons. The molecule has 2 bridgehead atoms. The molecule has 3 atom stereocenters. The van der Waals surface area contributed by atoms with Crippen molar-refractivity contribution in [2.75, 3.05) is 6.61 Å². The number of hydrogen-bond acceptors (Lipinski definition) is 2. The Kier molecular flexibility index (Phi) is 3.23. The number of hydrogen-bond donors (Lipinski definition) is 2. The average Bonchev–Trinajstić information content (AvgIpc) is 2.59.